The van der Waals surface area contributed by atoms with E-state index in [1.165, 1.54) is 6.07 Å². The summed E-state index contributed by atoms with van der Waals surface area (Å²) in [5.41, 5.74) is 2.22. The summed E-state index contributed by atoms with van der Waals surface area (Å²) in [6.07, 6.45) is 1.76. The average molecular weight is 266 g/mol. The van der Waals surface area contributed by atoms with Crippen LogP contribution in [0.25, 0.3) is 0 Å². The standard InChI is InChI=1S/C15H23FN2O/c1-3-14-12(10-13(16)11-15(14)19-2)4-7-18-8-5-17-6-9-18/h10-11,17H,3-9H2,1-2H3. The molecule has 2 rings (SSSR count). The molecule has 1 heterocycles. The largest absolute Gasteiger partial charge is 0.496 e. The van der Waals surface area contributed by atoms with Gasteiger partial charge in [-0.1, -0.05) is 6.92 Å². The zero-order chi connectivity index (χ0) is 13.7. The van der Waals surface area contributed by atoms with Gasteiger partial charge in [-0.3, -0.25) is 0 Å². The number of methoxy groups -OCH3 is 1. The highest BCUT2D eigenvalue weighted by molar-refractivity contribution is 5.41. The van der Waals surface area contributed by atoms with E-state index in [9.17, 15) is 4.39 Å². The van der Waals surface area contributed by atoms with Gasteiger partial charge in [-0.15, -0.1) is 0 Å². The first-order valence-corrected chi connectivity index (χ1v) is 7.03. The van der Waals surface area contributed by atoms with Gasteiger partial charge in [0.05, 0.1) is 7.11 Å². The minimum absolute atomic E-state index is 0.204. The molecule has 106 valence electrons. The molecule has 4 heteroatoms. The van der Waals surface area contributed by atoms with Crippen molar-refractivity contribution in [3.63, 3.8) is 0 Å². The lowest BCUT2D eigenvalue weighted by molar-refractivity contribution is 0.243. The van der Waals surface area contributed by atoms with E-state index in [0.29, 0.717) is 5.75 Å². The molecule has 3 nitrogen and oxygen atoms in total. The zero-order valence-electron chi connectivity index (χ0n) is 11.8. The molecule has 0 saturated carbocycles. The van der Waals surface area contributed by atoms with Gasteiger partial charge in [0.15, 0.2) is 0 Å². The van der Waals surface area contributed by atoms with Gasteiger partial charge in [0, 0.05) is 38.8 Å². The van der Waals surface area contributed by atoms with Crippen molar-refractivity contribution in [3.05, 3.63) is 29.1 Å². The van der Waals surface area contributed by atoms with Crippen LogP contribution in [0.1, 0.15) is 18.1 Å². The van der Waals surface area contributed by atoms with Gasteiger partial charge in [-0.2, -0.15) is 0 Å². The number of benzene rings is 1. The Balaban J connectivity index is 2.07. The van der Waals surface area contributed by atoms with Crippen LogP contribution in [0.15, 0.2) is 12.1 Å². The van der Waals surface area contributed by atoms with Crippen molar-refractivity contribution in [2.24, 2.45) is 0 Å². The third kappa shape index (κ3) is 3.67. The molecule has 1 aromatic carbocycles. The van der Waals surface area contributed by atoms with Crippen molar-refractivity contribution < 1.29 is 9.13 Å². The van der Waals surface area contributed by atoms with Gasteiger partial charge in [0.1, 0.15) is 11.6 Å². The Hall–Kier alpha value is -1.13. The van der Waals surface area contributed by atoms with Crippen molar-refractivity contribution in [3.8, 4) is 5.75 Å². The summed E-state index contributed by atoms with van der Waals surface area (Å²) >= 11 is 0. The summed E-state index contributed by atoms with van der Waals surface area (Å²) in [7, 11) is 1.61. The molecule has 19 heavy (non-hydrogen) atoms. The monoisotopic (exact) mass is 266 g/mol. The van der Waals surface area contributed by atoms with Crippen LogP contribution >= 0.6 is 0 Å². The summed E-state index contributed by atoms with van der Waals surface area (Å²) in [6.45, 7) is 7.33. The fraction of sp³-hybridized carbons (Fsp3) is 0.600. The second-order valence-electron chi connectivity index (χ2n) is 4.94. The smallest absolute Gasteiger partial charge is 0.127 e. The van der Waals surface area contributed by atoms with Crippen LogP contribution in [0, 0.1) is 5.82 Å². The van der Waals surface area contributed by atoms with Gasteiger partial charge in [-0.25, -0.2) is 4.39 Å². The molecule has 1 aromatic rings. The van der Waals surface area contributed by atoms with Crippen molar-refractivity contribution in [2.75, 3.05) is 39.8 Å². The predicted octanol–water partition coefficient (Wildman–Crippen LogP) is 1.84. The van der Waals surface area contributed by atoms with Gasteiger partial charge in [0.25, 0.3) is 0 Å². The van der Waals surface area contributed by atoms with Crippen LogP contribution in [0.2, 0.25) is 0 Å². The molecule has 0 bridgehead atoms. The van der Waals surface area contributed by atoms with E-state index < -0.39 is 0 Å². The number of nitrogens with one attached hydrogen (secondary N) is 1. The maximum absolute atomic E-state index is 13.6. The topological polar surface area (TPSA) is 24.5 Å². The Morgan fingerprint density at radius 1 is 1.32 bits per heavy atom. The Morgan fingerprint density at radius 3 is 2.68 bits per heavy atom. The Morgan fingerprint density at radius 2 is 2.05 bits per heavy atom. The molecule has 0 amide bonds. The fourth-order valence-electron chi connectivity index (χ4n) is 2.69. The molecule has 1 fully saturated rings. The van der Waals surface area contributed by atoms with Crippen LogP contribution in [-0.4, -0.2) is 44.7 Å². The minimum atomic E-state index is -0.204. The normalized spacial score (nSPS) is 16.6. The van der Waals surface area contributed by atoms with Gasteiger partial charge < -0.3 is 15.0 Å². The quantitative estimate of drug-likeness (QED) is 0.880. The molecule has 0 unspecified atom stereocenters. The lowest BCUT2D eigenvalue weighted by atomic mass is 10.0. The summed E-state index contributed by atoms with van der Waals surface area (Å²) in [4.78, 5) is 2.42. The Kier molecular flexibility index (Phi) is 5.16. The molecular weight excluding hydrogens is 243 g/mol. The van der Waals surface area contributed by atoms with E-state index in [2.05, 4.69) is 17.1 Å². The van der Waals surface area contributed by atoms with Crippen molar-refractivity contribution in [1.29, 1.82) is 0 Å². The van der Waals surface area contributed by atoms with Crippen molar-refractivity contribution in [2.45, 2.75) is 19.8 Å². The zero-order valence-corrected chi connectivity index (χ0v) is 11.8. The number of hydrogen-bond donors (Lipinski definition) is 1. The van der Waals surface area contributed by atoms with Crippen LogP contribution in [-0.2, 0) is 12.8 Å². The first-order chi connectivity index (χ1) is 9.24. The summed E-state index contributed by atoms with van der Waals surface area (Å²) in [6, 6.07) is 3.14. The van der Waals surface area contributed by atoms with Crippen LogP contribution in [0.5, 0.6) is 5.75 Å². The number of hydrogen-bond acceptors (Lipinski definition) is 3. The summed E-state index contributed by atoms with van der Waals surface area (Å²) < 4.78 is 18.9. The van der Waals surface area contributed by atoms with Gasteiger partial charge in [-0.05, 0) is 30.0 Å². The number of halogens is 1. The lowest BCUT2D eigenvalue weighted by Gasteiger charge is -2.27. The predicted molar refractivity (Wildman–Crippen MR) is 75.3 cm³/mol. The van der Waals surface area contributed by atoms with Gasteiger partial charge in [0.2, 0.25) is 0 Å². The summed E-state index contributed by atoms with van der Waals surface area (Å²) in [5.74, 6) is 0.474. The van der Waals surface area contributed by atoms with Crippen molar-refractivity contribution in [1.82, 2.24) is 10.2 Å². The summed E-state index contributed by atoms with van der Waals surface area (Å²) in [5, 5.41) is 3.34. The SMILES string of the molecule is CCc1c(CCN2CCNCC2)cc(F)cc1OC. The number of piperazine rings is 1. The van der Waals surface area contributed by atoms with Gasteiger partial charge >= 0.3 is 0 Å². The van der Waals surface area contributed by atoms with Crippen LogP contribution in [0.3, 0.4) is 0 Å². The average Bonchev–Trinajstić information content (AvgIpc) is 2.45. The van der Waals surface area contributed by atoms with E-state index in [0.717, 1.165) is 56.7 Å². The van der Waals surface area contributed by atoms with E-state index >= 15 is 0 Å². The molecule has 0 radical (unpaired) electrons. The Bertz CT molecular complexity index is 417. The number of rotatable bonds is 5. The minimum Gasteiger partial charge on any atom is -0.496 e. The first kappa shape index (κ1) is 14.3. The Labute approximate surface area is 114 Å². The highest BCUT2D eigenvalue weighted by atomic mass is 19.1. The molecule has 0 spiro atoms. The molecular formula is C15H23FN2O. The highest BCUT2D eigenvalue weighted by Gasteiger charge is 2.13. The second kappa shape index (κ2) is 6.87. The lowest BCUT2D eigenvalue weighted by Crippen LogP contribution is -2.44. The molecule has 1 aliphatic rings. The second-order valence-corrected chi connectivity index (χ2v) is 4.94. The van der Waals surface area contributed by atoms with E-state index in [1.807, 2.05) is 0 Å². The molecule has 1 N–H and O–H groups in total. The molecule has 1 aliphatic heterocycles. The fourth-order valence-corrected chi connectivity index (χ4v) is 2.69. The molecule has 0 aromatic heterocycles. The third-order valence-electron chi connectivity index (χ3n) is 3.75. The number of nitrogens with zero attached hydrogens (tertiary/aromatic N) is 1. The first-order valence-electron chi connectivity index (χ1n) is 7.03. The number of ether oxygens (including phenoxy) is 1. The van der Waals surface area contributed by atoms with E-state index in [-0.39, 0.29) is 5.82 Å². The maximum atomic E-state index is 13.6. The third-order valence-corrected chi connectivity index (χ3v) is 3.75. The molecule has 1 saturated heterocycles. The molecule has 0 aliphatic carbocycles. The maximum Gasteiger partial charge on any atom is 0.127 e. The van der Waals surface area contributed by atoms with E-state index in [4.69, 9.17) is 4.74 Å². The van der Waals surface area contributed by atoms with Crippen molar-refractivity contribution >= 4 is 0 Å². The van der Waals surface area contributed by atoms with E-state index in [1.54, 1.807) is 13.2 Å². The molecule has 0 atom stereocenters. The van der Waals surface area contributed by atoms with Crippen LogP contribution in [0.4, 0.5) is 4.39 Å². The van der Waals surface area contributed by atoms with Crippen LogP contribution < -0.4 is 10.1 Å². The highest BCUT2D eigenvalue weighted by Crippen LogP contribution is 2.25.